The molecule has 3 amide bonds. The highest BCUT2D eigenvalue weighted by molar-refractivity contribution is 8.00. The lowest BCUT2D eigenvalue weighted by atomic mass is 10.1. The molecule has 176 valence electrons. The molecule has 33 heavy (non-hydrogen) atoms. The predicted molar refractivity (Wildman–Crippen MR) is 121 cm³/mol. The van der Waals surface area contributed by atoms with Gasteiger partial charge in [-0.15, -0.1) is 22.9 Å². The van der Waals surface area contributed by atoms with Crippen LogP contribution in [0.25, 0.3) is 0 Å². The van der Waals surface area contributed by atoms with Crippen LogP contribution in [-0.2, 0) is 29.5 Å². The van der Waals surface area contributed by atoms with Crippen molar-refractivity contribution in [3.8, 4) is 0 Å². The van der Waals surface area contributed by atoms with Crippen molar-refractivity contribution in [1.82, 2.24) is 14.6 Å². The molecule has 1 aliphatic rings. The average Bonchev–Trinajstić information content (AvgIpc) is 3.22. The third kappa shape index (κ3) is 5.80. The fourth-order valence-electron chi connectivity index (χ4n) is 2.67. The minimum atomic E-state index is -4.85. The Balaban J connectivity index is 1.81. The van der Waals surface area contributed by atoms with Crippen LogP contribution in [0.1, 0.15) is 5.69 Å². The molecule has 3 rings (SSSR count). The van der Waals surface area contributed by atoms with Crippen LogP contribution in [-0.4, -0.2) is 70.1 Å². The summed E-state index contributed by atoms with van der Waals surface area (Å²) in [7, 11) is -3.66. The van der Waals surface area contributed by atoms with Crippen molar-refractivity contribution in [3.63, 3.8) is 0 Å². The topological polar surface area (TPSA) is 167 Å². The number of oxime groups is 1. The first-order valence-electron chi connectivity index (χ1n) is 8.91. The lowest BCUT2D eigenvalue weighted by molar-refractivity contribution is -0.140. The zero-order valence-corrected chi connectivity index (χ0v) is 19.9. The molecule has 1 fully saturated rings. The van der Waals surface area contributed by atoms with Gasteiger partial charge in [0.05, 0.1) is 0 Å². The zero-order valence-electron chi connectivity index (χ0n) is 16.7. The molecular weight excluding hydrogens is 518 g/mol. The van der Waals surface area contributed by atoms with Crippen molar-refractivity contribution < 1.29 is 32.2 Å². The summed E-state index contributed by atoms with van der Waals surface area (Å²) in [4.78, 5) is 46.1. The maximum Gasteiger partial charge on any atom is 0.363 e. The molecule has 2 aromatic rings. The Morgan fingerprint density at radius 3 is 2.67 bits per heavy atom. The molecular formula is C17H16ClN5O7S3. The molecule has 12 nitrogen and oxygen atoms in total. The van der Waals surface area contributed by atoms with E-state index in [1.54, 1.807) is 30.3 Å². The number of carbonyl (C=O) groups excluding carboxylic acids is 3. The summed E-state index contributed by atoms with van der Waals surface area (Å²) in [6.45, 7) is 0. The smallest absolute Gasteiger partial charge is 0.363 e. The second kappa shape index (κ2) is 10.5. The quantitative estimate of drug-likeness (QED) is 0.139. The van der Waals surface area contributed by atoms with Crippen LogP contribution in [0.4, 0.5) is 5.13 Å². The number of nitrogens with zero attached hydrogens (tertiary/aromatic N) is 3. The molecule has 2 atom stereocenters. The lowest BCUT2D eigenvalue weighted by Gasteiger charge is -2.43. The van der Waals surface area contributed by atoms with Crippen molar-refractivity contribution in [2.24, 2.45) is 5.16 Å². The Morgan fingerprint density at radius 2 is 2.06 bits per heavy atom. The number of β-lactam (4-membered cyclic amide) rings is 1. The zero-order chi connectivity index (χ0) is 24.2. The number of benzene rings is 1. The number of anilines is 1. The largest absolute Gasteiger partial charge is 0.398 e. The second-order valence-corrected chi connectivity index (χ2v) is 9.83. The Morgan fingerprint density at radius 1 is 1.36 bits per heavy atom. The number of aromatic nitrogens is 1. The maximum atomic E-state index is 12.9. The minimum Gasteiger partial charge on any atom is -0.398 e. The Labute approximate surface area is 201 Å². The van der Waals surface area contributed by atoms with E-state index in [4.69, 9.17) is 16.4 Å². The van der Waals surface area contributed by atoms with Gasteiger partial charge in [-0.3, -0.25) is 18.9 Å². The maximum absolute atomic E-state index is 12.9. The SMILES string of the molecule is CON=C(C(=O)NC1C(=O)N(S(=O)(=O)O)C1Sc1ccccc1)c1csc(NC(=O)CCl)n1. The third-order valence-corrected chi connectivity index (χ3v) is 7.35. The molecule has 0 spiro atoms. The van der Waals surface area contributed by atoms with Crippen molar-refractivity contribution in [2.75, 3.05) is 18.3 Å². The van der Waals surface area contributed by atoms with Gasteiger partial charge in [-0.25, -0.2) is 4.98 Å². The second-order valence-electron chi connectivity index (χ2n) is 6.23. The van der Waals surface area contributed by atoms with Gasteiger partial charge in [0.25, 0.3) is 11.8 Å². The van der Waals surface area contributed by atoms with Crippen LogP contribution in [0.15, 0.2) is 45.8 Å². The van der Waals surface area contributed by atoms with Crippen LogP contribution in [0.3, 0.4) is 0 Å². The van der Waals surface area contributed by atoms with Gasteiger partial charge in [0.15, 0.2) is 10.8 Å². The van der Waals surface area contributed by atoms with E-state index in [-0.39, 0.29) is 26.7 Å². The van der Waals surface area contributed by atoms with Gasteiger partial charge in [-0.05, 0) is 12.1 Å². The summed E-state index contributed by atoms with van der Waals surface area (Å²) in [5, 5.41) is 8.89. The first-order valence-corrected chi connectivity index (χ1v) is 12.6. The van der Waals surface area contributed by atoms with Gasteiger partial charge in [-0.2, -0.15) is 12.7 Å². The summed E-state index contributed by atoms with van der Waals surface area (Å²) in [5.74, 6) is -2.70. The molecule has 1 aliphatic heterocycles. The fraction of sp³-hybridized carbons (Fsp3) is 0.235. The summed E-state index contributed by atoms with van der Waals surface area (Å²) >= 11 is 7.40. The van der Waals surface area contributed by atoms with E-state index in [1.165, 1.54) is 12.5 Å². The van der Waals surface area contributed by atoms with Crippen LogP contribution < -0.4 is 10.6 Å². The fourth-order valence-corrected chi connectivity index (χ4v) is 5.74. The van der Waals surface area contributed by atoms with Crippen LogP contribution in [0.2, 0.25) is 0 Å². The monoisotopic (exact) mass is 533 g/mol. The number of amides is 3. The van der Waals surface area contributed by atoms with E-state index in [0.29, 0.717) is 4.90 Å². The number of rotatable bonds is 9. The highest BCUT2D eigenvalue weighted by Gasteiger charge is 2.55. The third-order valence-electron chi connectivity index (χ3n) is 4.05. The van der Waals surface area contributed by atoms with Crippen LogP contribution in [0.5, 0.6) is 0 Å². The minimum absolute atomic E-state index is 0.0369. The van der Waals surface area contributed by atoms with Gasteiger partial charge >= 0.3 is 10.3 Å². The summed E-state index contributed by atoms with van der Waals surface area (Å²) in [6.07, 6.45) is 0. The number of halogens is 1. The van der Waals surface area contributed by atoms with Gasteiger partial charge in [-0.1, -0.05) is 35.1 Å². The first kappa shape index (κ1) is 24.9. The molecule has 1 saturated heterocycles. The van der Waals surface area contributed by atoms with E-state index in [9.17, 15) is 27.4 Å². The van der Waals surface area contributed by atoms with E-state index in [0.717, 1.165) is 23.1 Å². The number of carbonyl (C=O) groups is 3. The summed E-state index contributed by atoms with van der Waals surface area (Å²) in [6, 6.07) is 7.24. The summed E-state index contributed by atoms with van der Waals surface area (Å²) in [5.41, 5.74) is -0.281. The number of alkyl halides is 1. The van der Waals surface area contributed by atoms with Crippen molar-refractivity contribution >= 4 is 73.6 Å². The van der Waals surface area contributed by atoms with Crippen molar-refractivity contribution in [1.29, 1.82) is 0 Å². The molecule has 1 aromatic carbocycles. The van der Waals surface area contributed by atoms with Crippen molar-refractivity contribution in [3.05, 3.63) is 41.4 Å². The van der Waals surface area contributed by atoms with Gasteiger partial charge in [0, 0.05) is 10.3 Å². The normalized spacial score (nSPS) is 18.5. The molecule has 2 unspecified atom stereocenters. The highest BCUT2D eigenvalue weighted by atomic mass is 35.5. The first-order chi connectivity index (χ1) is 15.7. The number of nitrogens with one attached hydrogen (secondary N) is 2. The molecule has 16 heteroatoms. The Kier molecular flexibility index (Phi) is 7.91. The molecule has 3 N–H and O–H groups in total. The number of thioether (sulfide) groups is 1. The number of hydrogen-bond acceptors (Lipinski definition) is 10. The Hall–Kier alpha value is -2.72. The van der Waals surface area contributed by atoms with E-state index in [2.05, 4.69) is 20.8 Å². The Bertz CT molecular complexity index is 1190. The highest BCUT2D eigenvalue weighted by Crippen LogP contribution is 2.37. The van der Waals surface area contributed by atoms with E-state index in [1.807, 2.05) is 0 Å². The molecule has 0 aliphatic carbocycles. The van der Waals surface area contributed by atoms with E-state index >= 15 is 0 Å². The molecule has 0 radical (unpaired) electrons. The number of hydrogen-bond donors (Lipinski definition) is 3. The van der Waals surface area contributed by atoms with Gasteiger partial charge < -0.3 is 15.5 Å². The van der Waals surface area contributed by atoms with E-state index < -0.39 is 39.4 Å². The van der Waals surface area contributed by atoms with Gasteiger partial charge in [0.1, 0.15) is 30.1 Å². The van der Waals surface area contributed by atoms with Gasteiger partial charge in [0.2, 0.25) is 5.91 Å². The molecule has 0 bridgehead atoms. The predicted octanol–water partition coefficient (Wildman–Crippen LogP) is 0.919. The lowest BCUT2D eigenvalue weighted by Crippen LogP contribution is -2.71. The van der Waals surface area contributed by atoms with Crippen LogP contribution in [0, 0.1) is 0 Å². The standard InChI is InChI=1S/C17H16ClN5O7S3/c1-30-22-12(10-8-31-17(19-10)20-11(24)7-18)14(25)21-13-15(26)23(33(27,28)29)16(13)32-9-5-3-2-4-6-9/h2-6,8,13,16H,7H2,1H3,(H,21,25)(H,19,20,24)(H,27,28,29). The molecule has 2 heterocycles. The average molecular weight is 534 g/mol. The molecule has 0 saturated carbocycles. The summed E-state index contributed by atoms with van der Waals surface area (Å²) < 4.78 is 33.0. The van der Waals surface area contributed by atoms with Crippen molar-refractivity contribution in [2.45, 2.75) is 16.3 Å². The molecule has 1 aromatic heterocycles. The number of thiazole rings is 1. The van der Waals surface area contributed by atoms with Crippen LogP contribution >= 0.6 is 34.7 Å².